The SMILES string of the molecule is Cc1ccc(N(C)C(=O)C2CCCC2CN)cc1. The topological polar surface area (TPSA) is 46.3 Å². The van der Waals surface area contributed by atoms with Gasteiger partial charge in [0.05, 0.1) is 0 Å². The zero-order chi connectivity index (χ0) is 13.1. The molecule has 3 nitrogen and oxygen atoms in total. The minimum atomic E-state index is 0.112. The van der Waals surface area contributed by atoms with Crippen LogP contribution in [0.15, 0.2) is 24.3 Å². The van der Waals surface area contributed by atoms with Crippen LogP contribution in [0.1, 0.15) is 24.8 Å². The van der Waals surface area contributed by atoms with Gasteiger partial charge >= 0.3 is 0 Å². The minimum Gasteiger partial charge on any atom is -0.330 e. The van der Waals surface area contributed by atoms with E-state index >= 15 is 0 Å². The van der Waals surface area contributed by atoms with Gasteiger partial charge in [0.15, 0.2) is 0 Å². The lowest BCUT2D eigenvalue weighted by Crippen LogP contribution is -2.36. The fourth-order valence-electron chi connectivity index (χ4n) is 2.79. The Morgan fingerprint density at radius 1 is 1.33 bits per heavy atom. The molecular formula is C15H22N2O. The molecule has 2 N–H and O–H groups in total. The highest BCUT2D eigenvalue weighted by molar-refractivity contribution is 5.94. The highest BCUT2D eigenvalue weighted by atomic mass is 16.2. The van der Waals surface area contributed by atoms with Crippen LogP contribution < -0.4 is 10.6 Å². The molecule has 1 aromatic rings. The van der Waals surface area contributed by atoms with Crippen LogP contribution in [0.5, 0.6) is 0 Å². The van der Waals surface area contributed by atoms with Crippen LogP contribution in [-0.2, 0) is 4.79 Å². The molecule has 1 fully saturated rings. The molecule has 0 spiro atoms. The van der Waals surface area contributed by atoms with Gasteiger partial charge < -0.3 is 10.6 Å². The predicted molar refractivity (Wildman–Crippen MR) is 74.5 cm³/mol. The summed E-state index contributed by atoms with van der Waals surface area (Å²) in [6.45, 7) is 2.67. The Balaban J connectivity index is 2.11. The molecule has 0 bridgehead atoms. The number of nitrogens with zero attached hydrogens (tertiary/aromatic N) is 1. The van der Waals surface area contributed by atoms with E-state index in [1.54, 1.807) is 4.90 Å². The molecule has 1 amide bonds. The number of carbonyl (C=O) groups excluding carboxylic acids is 1. The van der Waals surface area contributed by atoms with Crippen molar-refractivity contribution in [3.05, 3.63) is 29.8 Å². The lowest BCUT2D eigenvalue weighted by atomic mass is 9.94. The van der Waals surface area contributed by atoms with Crippen molar-refractivity contribution in [3.8, 4) is 0 Å². The summed E-state index contributed by atoms with van der Waals surface area (Å²) in [7, 11) is 1.86. The number of benzene rings is 1. The summed E-state index contributed by atoms with van der Waals surface area (Å²) < 4.78 is 0. The van der Waals surface area contributed by atoms with Crippen LogP contribution in [0.3, 0.4) is 0 Å². The van der Waals surface area contributed by atoms with E-state index in [-0.39, 0.29) is 11.8 Å². The molecule has 3 heteroatoms. The van der Waals surface area contributed by atoms with Gasteiger partial charge in [-0.05, 0) is 44.4 Å². The molecule has 0 aliphatic heterocycles. The van der Waals surface area contributed by atoms with Gasteiger partial charge in [0, 0.05) is 18.7 Å². The molecule has 0 radical (unpaired) electrons. The van der Waals surface area contributed by atoms with Gasteiger partial charge in [-0.1, -0.05) is 24.1 Å². The Kier molecular flexibility index (Phi) is 4.02. The molecule has 2 rings (SSSR count). The molecule has 2 atom stereocenters. The van der Waals surface area contributed by atoms with Crippen LogP contribution in [0.25, 0.3) is 0 Å². The number of hydrogen-bond acceptors (Lipinski definition) is 2. The zero-order valence-electron chi connectivity index (χ0n) is 11.2. The average Bonchev–Trinajstić information content (AvgIpc) is 2.86. The van der Waals surface area contributed by atoms with Crippen molar-refractivity contribution in [2.45, 2.75) is 26.2 Å². The standard InChI is InChI=1S/C15H22N2O/c1-11-6-8-13(9-7-11)17(2)15(18)14-5-3-4-12(14)10-16/h6-9,12,14H,3-5,10,16H2,1-2H3. The smallest absolute Gasteiger partial charge is 0.230 e. The molecule has 0 heterocycles. The third kappa shape index (κ3) is 2.56. The van der Waals surface area contributed by atoms with Crippen molar-refractivity contribution in [1.82, 2.24) is 0 Å². The molecule has 1 saturated carbocycles. The number of hydrogen-bond donors (Lipinski definition) is 1. The van der Waals surface area contributed by atoms with Crippen molar-refractivity contribution in [3.63, 3.8) is 0 Å². The first kappa shape index (κ1) is 13.1. The number of aryl methyl sites for hydroxylation is 1. The second kappa shape index (κ2) is 5.53. The van der Waals surface area contributed by atoms with E-state index in [1.807, 2.05) is 38.2 Å². The molecule has 18 heavy (non-hydrogen) atoms. The van der Waals surface area contributed by atoms with E-state index < -0.39 is 0 Å². The van der Waals surface area contributed by atoms with E-state index in [0.717, 1.165) is 24.9 Å². The predicted octanol–water partition coefficient (Wildman–Crippen LogP) is 2.33. The van der Waals surface area contributed by atoms with E-state index in [1.165, 1.54) is 5.56 Å². The summed E-state index contributed by atoms with van der Waals surface area (Å²) >= 11 is 0. The molecule has 1 aromatic carbocycles. The monoisotopic (exact) mass is 246 g/mol. The van der Waals surface area contributed by atoms with Gasteiger partial charge in [0.25, 0.3) is 0 Å². The van der Waals surface area contributed by atoms with Crippen molar-refractivity contribution in [2.75, 3.05) is 18.5 Å². The number of amides is 1. The summed E-state index contributed by atoms with van der Waals surface area (Å²) in [5, 5.41) is 0. The lowest BCUT2D eigenvalue weighted by Gasteiger charge is -2.24. The van der Waals surface area contributed by atoms with Gasteiger partial charge in [0.1, 0.15) is 0 Å². The maximum absolute atomic E-state index is 12.5. The summed E-state index contributed by atoms with van der Waals surface area (Å²) in [4.78, 5) is 14.2. The quantitative estimate of drug-likeness (QED) is 0.889. The van der Waals surface area contributed by atoms with E-state index in [0.29, 0.717) is 12.5 Å². The van der Waals surface area contributed by atoms with E-state index in [9.17, 15) is 4.79 Å². The highest BCUT2D eigenvalue weighted by Crippen LogP contribution is 2.33. The molecular weight excluding hydrogens is 224 g/mol. The first-order chi connectivity index (χ1) is 8.63. The Morgan fingerprint density at radius 3 is 2.61 bits per heavy atom. The van der Waals surface area contributed by atoms with Crippen molar-refractivity contribution < 1.29 is 4.79 Å². The molecule has 98 valence electrons. The van der Waals surface area contributed by atoms with Gasteiger partial charge in [-0.2, -0.15) is 0 Å². The minimum absolute atomic E-state index is 0.112. The molecule has 0 aromatic heterocycles. The maximum Gasteiger partial charge on any atom is 0.230 e. The Bertz CT molecular complexity index is 413. The molecule has 0 saturated heterocycles. The lowest BCUT2D eigenvalue weighted by molar-refractivity contribution is -0.123. The maximum atomic E-state index is 12.5. The van der Waals surface area contributed by atoms with Crippen molar-refractivity contribution in [2.24, 2.45) is 17.6 Å². The third-order valence-corrected chi connectivity index (χ3v) is 4.03. The van der Waals surface area contributed by atoms with Crippen LogP contribution in [0.2, 0.25) is 0 Å². The number of carbonyl (C=O) groups is 1. The Morgan fingerprint density at radius 2 is 2.00 bits per heavy atom. The number of anilines is 1. The van der Waals surface area contributed by atoms with Gasteiger partial charge in [0.2, 0.25) is 5.91 Å². The van der Waals surface area contributed by atoms with Gasteiger partial charge in [-0.25, -0.2) is 0 Å². The molecule has 2 unspecified atom stereocenters. The van der Waals surface area contributed by atoms with Gasteiger partial charge in [-0.15, -0.1) is 0 Å². The van der Waals surface area contributed by atoms with Crippen LogP contribution in [0, 0.1) is 18.8 Å². The van der Waals surface area contributed by atoms with Crippen LogP contribution in [-0.4, -0.2) is 19.5 Å². The molecule has 1 aliphatic rings. The summed E-state index contributed by atoms with van der Waals surface area (Å²) in [6, 6.07) is 8.07. The fourth-order valence-corrected chi connectivity index (χ4v) is 2.79. The second-order valence-corrected chi connectivity index (χ2v) is 5.27. The van der Waals surface area contributed by atoms with Crippen molar-refractivity contribution >= 4 is 11.6 Å². The van der Waals surface area contributed by atoms with Crippen LogP contribution >= 0.6 is 0 Å². The largest absolute Gasteiger partial charge is 0.330 e. The third-order valence-electron chi connectivity index (χ3n) is 4.03. The Labute approximate surface area is 109 Å². The summed E-state index contributed by atoms with van der Waals surface area (Å²) in [5.74, 6) is 0.693. The zero-order valence-corrected chi connectivity index (χ0v) is 11.2. The van der Waals surface area contributed by atoms with E-state index in [4.69, 9.17) is 5.73 Å². The second-order valence-electron chi connectivity index (χ2n) is 5.27. The van der Waals surface area contributed by atoms with Crippen molar-refractivity contribution in [1.29, 1.82) is 0 Å². The average molecular weight is 246 g/mol. The van der Waals surface area contributed by atoms with Crippen LogP contribution in [0.4, 0.5) is 5.69 Å². The summed E-state index contributed by atoms with van der Waals surface area (Å²) in [5.41, 5.74) is 7.92. The first-order valence-electron chi connectivity index (χ1n) is 6.67. The van der Waals surface area contributed by atoms with E-state index in [2.05, 4.69) is 0 Å². The van der Waals surface area contributed by atoms with Gasteiger partial charge in [-0.3, -0.25) is 4.79 Å². The first-order valence-corrected chi connectivity index (χ1v) is 6.67. The summed E-state index contributed by atoms with van der Waals surface area (Å²) in [6.07, 6.45) is 3.20. The number of nitrogens with two attached hydrogens (primary N) is 1. The normalized spacial score (nSPS) is 23.1. The highest BCUT2D eigenvalue weighted by Gasteiger charge is 2.33. The fraction of sp³-hybridized carbons (Fsp3) is 0.533. The Hall–Kier alpha value is -1.35. The number of rotatable bonds is 3. The molecule has 1 aliphatic carbocycles.